The quantitative estimate of drug-likeness (QED) is 0.663. The molecule has 1 aromatic rings. The first-order valence-electron chi connectivity index (χ1n) is 6.25. The molecule has 2 fully saturated rings. The fraction of sp³-hybridized carbons (Fsp3) is 0.357. The highest BCUT2D eigenvalue weighted by molar-refractivity contribution is 6.23. The minimum absolute atomic E-state index is 0.135. The molecule has 1 aliphatic carbocycles. The second-order valence-corrected chi connectivity index (χ2v) is 5.28. The van der Waals surface area contributed by atoms with Crippen molar-refractivity contribution < 1.29 is 29.0 Å². The predicted molar refractivity (Wildman–Crippen MR) is 63.2 cm³/mol. The van der Waals surface area contributed by atoms with E-state index in [1.165, 1.54) is 12.1 Å². The van der Waals surface area contributed by atoms with Crippen LogP contribution < -0.4 is 0 Å². The number of hydrogen-bond acceptors (Lipinski definition) is 6. The Balaban J connectivity index is 2.03. The van der Waals surface area contributed by atoms with E-state index in [9.17, 15) is 19.5 Å². The first-order chi connectivity index (χ1) is 9.50. The number of aliphatic hydroxyl groups is 1. The van der Waals surface area contributed by atoms with Crippen molar-refractivity contribution in [1.29, 1.82) is 0 Å². The van der Waals surface area contributed by atoms with Gasteiger partial charge in [0.15, 0.2) is 0 Å². The van der Waals surface area contributed by atoms with Crippen LogP contribution in [0.4, 0.5) is 0 Å². The van der Waals surface area contributed by atoms with Gasteiger partial charge in [0.1, 0.15) is 6.10 Å². The van der Waals surface area contributed by atoms with Gasteiger partial charge in [-0.25, -0.2) is 0 Å². The smallest absolute Gasteiger partial charge is 0.309 e. The lowest BCUT2D eigenvalue weighted by molar-refractivity contribution is -0.156. The highest BCUT2D eigenvalue weighted by atomic mass is 16.6. The molecule has 3 atom stereocenters. The molecule has 2 heterocycles. The number of hydrogen-bond donors (Lipinski definition) is 1. The number of carbonyl (C=O) groups is 3. The number of benzene rings is 1. The van der Waals surface area contributed by atoms with Crippen LogP contribution in [0.2, 0.25) is 0 Å². The predicted octanol–water partition coefficient (Wildman–Crippen LogP) is -0.119. The van der Waals surface area contributed by atoms with Crippen molar-refractivity contribution in [1.82, 2.24) is 0 Å². The zero-order valence-corrected chi connectivity index (χ0v) is 10.3. The summed E-state index contributed by atoms with van der Waals surface area (Å²) in [6, 6.07) is 6.20. The fourth-order valence-electron chi connectivity index (χ4n) is 3.35. The van der Waals surface area contributed by atoms with Crippen LogP contribution in [-0.4, -0.2) is 46.6 Å². The minimum atomic E-state index is -2.13. The summed E-state index contributed by atoms with van der Waals surface area (Å²) in [6.07, 6.45) is -1.05. The summed E-state index contributed by atoms with van der Waals surface area (Å²) < 4.78 is 10.5. The highest BCUT2D eigenvalue weighted by Crippen LogP contribution is 2.50. The van der Waals surface area contributed by atoms with Gasteiger partial charge in [-0.1, -0.05) is 24.3 Å². The average Bonchev–Trinajstić information content (AvgIpc) is 2.92. The summed E-state index contributed by atoms with van der Waals surface area (Å²) in [6.45, 7) is -0.343. The lowest BCUT2D eigenvalue weighted by Gasteiger charge is -2.39. The Bertz CT molecular complexity index is 680. The second-order valence-electron chi connectivity index (χ2n) is 5.28. The number of fused-ring (bicyclic) bond motifs is 1. The monoisotopic (exact) mass is 274 g/mol. The molecule has 20 heavy (non-hydrogen) atoms. The van der Waals surface area contributed by atoms with Crippen LogP contribution in [0.15, 0.2) is 24.3 Å². The topological polar surface area (TPSA) is 89.9 Å². The van der Waals surface area contributed by atoms with E-state index in [2.05, 4.69) is 0 Å². The summed E-state index contributed by atoms with van der Waals surface area (Å²) >= 11 is 0. The van der Waals surface area contributed by atoms with Crippen molar-refractivity contribution in [3.05, 3.63) is 35.4 Å². The van der Waals surface area contributed by atoms with E-state index in [4.69, 9.17) is 9.47 Å². The van der Waals surface area contributed by atoms with Gasteiger partial charge >= 0.3 is 5.97 Å². The largest absolute Gasteiger partial charge is 0.444 e. The van der Waals surface area contributed by atoms with Gasteiger partial charge in [0, 0.05) is 11.1 Å². The van der Waals surface area contributed by atoms with Gasteiger partial charge in [0.25, 0.3) is 0 Å². The van der Waals surface area contributed by atoms with Gasteiger partial charge in [0.05, 0.1) is 13.0 Å². The fourth-order valence-corrected chi connectivity index (χ4v) is 3.35. The van der Waals surface area contributed by atoms with Gasteiger partial charge in [-0.05, 0) is 0 Å². The van der Waals surface area contributed by atoms with Gasteiger partial charge < -0.3 is 14.6 Å². The summed E-state index contributed by atoms with van der Waals surface area (Å²) in [5.41, 5.74) is -3.75. The van der Waals surface area contributed by atoms with E-state index in [-0.39, 0.29) is 24.2 Å². The van der Waals surface area contributed by atoms with E-state index in [0.717, 1.165) is 0 Å². The number of carbonyl (C=O) groups excluding carboxylic acids is 3. The Morgan fingerprint density at radius 3 is 2.45 bits per heavy atom. The lowest BCUT2D eigenvalue weighted by Crippen LogP contribution is -2.67. The van der Waals surface area contributed by atoms with Gasteiger partial charge in [0.2, 0.25) is 22.8 Å². The van der Waals surface area contributed by atoms with Crippen LogP contribution >= 0.6 is 0 Å². The number of Topliss-reactive ketones (excluding diaryl/α,β-unsaturated/α-hetero) is 2. The van der Waals surface area contributed by atoms with E-state index < -0.39 is 34.8 Å². The second kappa shape index (κ2) is 3.34. The maximum absolute atomic E-state index is 12.7. The molecule has 0 radical (unpaired) electrons. The molecule has 0 unspecified atom stereocenters. The molecule has 0 amide bonds. The van der Waals surface area contributed by atoms with Crippen molar-refractivity contribution in [2.45, 2.75) is 23.7 Å². The SMILES string of the molecule is O=C1C[C@@H]2OC[C@@]3(O)C(=O)c4ccccc4C(=O)[C@@]23O1. The van der Waals surface area contributed by atoms with Crippen LogP contribution in [0, 0.1) is 0 Å². The molecule has 0 saturated carbocycles. The third kappa shape index (κ3) is 1.03. The number of ether oxygens (including phenoxy) is 2. The minimum Gasteiger partial charge on any atom is -0.444 e. The van der Waals surface area contributed by atoms with Crippen LogP contribution in [0.1, 0.15) is 27.1 Å². The third-order valence-corrected chi connectivity index (χ3v) is 4.32. The first kappa shape index (κ1) is 11.7. The average molecular weight is 274 g/mol. The third-order valence-electron chi connectivity index (χ3n) is 4.32. The van der Waals surface area contributed by atoms with Gasteiger partial charge in [-0.2, -0.15) is 0 Å². The molecular formula is C14H10O6. The molecule has 2 saturated heterocycles. The molecular weight excluding hydrogens is 264 g/mol. The van der Waals surface area contributed by atoms with Crippen molar-refractivity contribution in [3.63, 3.8) is 0 Å². The number of ketones is 2. The van der Waals surface area contributed by atoms with Crippen LogP contribution in [0.5, 0.6) is 0 Å². The molecule has 6 nitrogen and oxygen atoms in total. The molecule has 6 heteroatoms. The highest BCUT2D eigenvalue weighted by Gasteiger charge is 2.77. The zero-order chi connectivity index (χ0) is 14.1. The van der Waals surface area contributed by atoms with Gasteiger partial charge in [-0.15, -0.1) is 0 Å². The molecule has 1 spiro atoms. The number of rotatable bonds is 0. The Hall–Kier alpha value is -2.05. The van der Waals surface area contributed by atoms with E-state index >= 15 is 0 Å². The number of esters is 1. The van der Waals surface area contributed by atoms with E-state index in [1.807, 2.05) is 0 Å². The molecule has 1 aromatic carbocycles. The van der Waals surface area contributed by atoms with Crippen molar-refractivity contribution >= 4 is 17.5 Å². The van der Waals surface area contributed by atoms with Crippen molar-refractivity contribution in [2.24, 2.45) is 0 Å². The molecule has 102 valence electrons. The van der Waals surface area contributed by atoms with Crippen LogP contribution in [-0.2, 0) is 14.3 Å². The first-order valence-corrected chi connectivity index (χ1v) is 6.25. The molecule has 0 aromatic heterocycles. The van der Waals surface area contributed by atoms with Crippen molar-refractivity contribution in [2.75, 3.05) is 6.61 Å². The molecule has 0 bridgehead atoms. The lowest BCUT2D eigenvalue weighted by atomic mass is 9.67. The van der Waals surface area contributed by atoms with Crippen molar-refractivity contribution in [3.8, 4) is 0 Å². The summed E-state index contributed by atoms with van der Waals surface area (Å²) in [5.74, 6) is -1.85. The normalized spacial score (nSPS) is 38.2. The van der Waals surface area contributed by atoms with E-state index in [0.29, 0.717) is 0 Å². The maximum atomic E-state index is 12.7. The summed E-state index contributed by atoms with van der Waals surface area (Å²) in [4.78, 5) is 36.8. The van der Waals surface area contributed by atoms with Crippen LogP contribution in [0.3, 0.4) is 0 Å². The Morgan fingerprint density at radius 2 is 1.75 bits per heavy atom. The maximum Gasteiger partial charge on any atom is 0.309 e. The molecule has 1 N–H and O–H groups in total. The van der Waals surface area contributed by atoms with E-state index in [1.54, 1.807) is 12.1 Å². The van der Waals surface area contributed by atoms with Gasteiger partial charge in [-0.3, -0.25) is 14.4 Å². The summed E-state index contributed by atoms with van der Waals surface area (Å²) in [7, 11) is 0. The molecule has 3 aliphatic rings. The molecule has 2 aliphatic heterocycles. The standard InChI is InChI=1S/C14H10O6/c15-10-5-9-14(20-10)12(17)8-4-2-1-3-7(8)11(16)13(14,18)6-19-9/h1-4,9,18H,5-6H2/t9-,13+,14-/m0/s1. The zero-order valence-electron chi connectivity index (χ0n) is 10.3. The Kier molecular flexibility index (Phi) is 1.96. The molecule has 4 rings (SSSR count). The summed E-state index contributed by atoms with van der Waals surface area (Å²) in [5, 5.41) is 10.7. The Morgan fingerprint density at radius 1 is 1.10 bits per heavy atom. The Labute approximate surface area is 113 Å². The van der Waals surface area contributed by atoms with Crippen LogP contribution in [0.25, 0.3) is 0 Å².